The highest BCUT2D eigenvalue weighted by Gasteiger charge is 2.35. The minimum Gasteiger partial charge on any atom is -0.468 e. The third-order valence-electron chi connectivity index (χ3n) is 2.89. The van der Waals surface area contributed by atoms with Crippen LogP contribution in [0.2, 0.25) is 0 Å². The Morgan fingerprint density at radius 3 is 2.79 bits per heavy atom. The molecule has 2 heterocycles. The lowest BCUT2D eigenvalue weighted by molar-refractivity contribution is -0.117. The highest BCUT2D eigenvalue weighted by molar-refractivity contribution is 9.10. The first-order chi connectivity index (χ1) is 9.08. The van der Waals surface area contributed by atoms with Crippen molar-refractivity contribution in [3.05, 3.63) is 52.1 Å². The van der Waals surface area contributed by atoms with Crippen LogP contribution in [0.3, 0.4) is 0 Å². The van der Waals surface area contributed by atoms with Crippen LogP contribution in [-0.2, 0) is 11.2 Å². The number of hydrogen-bond acceptors (Lipinski definition) is 3. The Morgan fingerprint density at radius 2 is 2.05 bits per heavy atom. The van der Waals surface area contributed by atoms with Gasteiger partial charge in [-0.25, -0.2) is 9.29 Å². The first-order valence-electron chi connectivity index (χ1n) is 5.46. The molecule has 2 amide bonds. The molecule has 19 heavy (non-hydrogen) atoms. The minimum absolute atomic E-state index is 0.0509. The molecule has 3 rings (SSSR count). The average molecular weight is 324 g/mol. The molecular formula is C13H7BrFNO3. The van der Waals surface area contributed by atoms with Crippen LogP contribution >= 0.6 is 15.9 Å². The molecule has 1 aliphatic rings. The summed E-state index contributed by atoms with van der Waals surface area (Å²) in [4.78, 5) is 25.0. The summed E-state index contributed by atoms with van der Waals surface area (Å²) in [6.45, 7) is 0. The number of fused-ring (bicyclic) bond motifs is 1. The summed E-state index contributed by atoms with van der Waals surface area (Å²) in [5.41, 5.74) is 0.243. The van der Waals surface area contributed by atoms with Crippen molar-refractivity contribution in [3.63, 3.8) is 0 Å². The van der Waals surface area contributed by atoms with Crippen LogP contribution in [-0.4, -0.2) is 11.8 Å². The van der Waals surface area contributed by atoms with Gasteiger partial charge in [-0.2, -0.15) is 0 Å². The summed E-state index contributed by atoms with van der Waals surface area (Å²) >= 11 is 3.13. The predicted molar refractivity (Wildman–Crippen MR) is 68.3 cm³/mol. The predicted octanol–water partition coefficient (Wildman–Crippen LogP) is 2.91. The molecule has 6 heteroatoms. The topological polar surface area (TPSA) is 50.5 Å². The zero-order chi connectivity index (χ0) is 13.6. The number of nitrogens with zero attached hydrogens (tertiary/aromatic N) is 1. The fraction of sp³-hybridized carbons (Fsp3) is 0.0769. The van der Waals surface area contributed by atoms with Crippen molar-refractivity contribution in [3.8, 4) is 0 Å². The monoisotopic (exact) mass is 323 g/mol. The Kier molecular flexibility index (Phi) is 2.74. The molecule has 0 saturated carbocycles. The zero-order valence-corrected chi connectivity index (χ0v) is 11.1. The first kappa shape index (κ1) is 12.1. The van der Waals surface area contributed by atoms with Crippen LogP contribution in [0.15, 0.2) is 39.4 Å². The Bertz CT molecular complexity index is 695. The maximum atomic E-state index is 13.9. The number of hydrogen-bond donors (Lipinski definition) is 0. The van der Waals surface area contributed by atoms with E-state index in [4.69, 9.17) is 4.42 Å². The number of rotatable bonds is 1. The highest BCUT2D eigenvalue weighted by Crippen LogP contribution is 2.29. The van der Waals surface area contributed by atoms with Gasteiger partial charge in [0, 0.05) is 4.47 Å². The lowest BCUT2D eigenvalue weighted by atomic mass is 10.1. The molecule has 1 aromatic heterocycles. The normalized spacial score (nSPS) is 14.7. The summed E-state index contributed by atoms with van der Waals surface area (Å²) in [6.07, 6.45) is 1.29. The largest absolute Gasteiger partial charge is 0.468 e. The van der Waals surface area contributed by atoms with Crippen LogP contribution in [0.25, 0.3) is 0 Å². The quantitative estimate of drug-likeness (QED) is 0.758. The van der Waals surface area contributed by atoms with Gasteiger partial charge in [-0.3, -0.25) is 9.59 Å². The molecule has 96 valence electrons. The molecule has 1 aromatic carbocycles. The van der Waals surface area contributed by atoms with E-state index < -0.39 is 17.6 Å². The molecular weight excluding hydrogens is 317 g/mol. The maximum Gasteiger partial charge on any atom is 0.268 e. The molecule has 0 radical (unpaired) electrons. The molecule has 2 aromatic rings. The number of furan rings is 1. The Morgan fingerprint density at radius 1 is 1.26 bits per heavy atom. The minimum atomic E-state index is -0.636. The van der Waals surface area contributed by atoms with Crippen LogP contribution in [0.5, 0.6) is 0 Å². The van der Waals surface area contributed by atoms with E-state index in [-0.39, 0.29) is 12.1 Å². The molecule has 0 fully saturated rings. The SMILES string of the molecule is O=C1Cc2occc2C(=O)N1c1ccc(Br)cc1F. The van der Waals surface area contributed by atoms with Crippen molar-refractivity contribution < 1.29 is 18.4 Å². The van der Waals surface area contributed by atoms with Gasteiger partial charge in [-0.1, -0.05) is 15.9 Å². The van der Waals surface area contributed by atoms with Gasteiger partial charge in [0.25, 0.3) is 5.91 Å². The van der Waals surface area contributed by atoms with E-state index in [1.165, 1.54) is 24.5 Å². The van der Waals surface area contributed by atoms with Crippen molar-refractivity contribution in [1.29, 1.82) is 0 Å². The van der Waals surface area contributed by atoms with Gasteiger partial charge in [0.1, 0.15) is 11.6 Å². The molecule has 4 nitrogen and oxygen atoms in total. The number of carbonyl (C=O) groups is 2. The van der Waals surface area contributed by atoms with Crippen molar-refractivity contribution >= 4 is 33.4 Å². The van der Waals surface area contributed by atoms with E-state index >= 15 is 0 Å². The van der Waals surface area contributed by atoms with Gasteiger partial charge in [-0.15, -0.1) is 0 Å². The lowest BCUT2D eigenvalue weighted by Crippen LogP contribution is -2.42. The number of imide groups is 1. The molecule has 0 aliphatic carbocycles. The van der Waals surface area contributed by atoms with Gasteiger partial charge in [-0.05, 0) is 24.3 Å². The lowest BCUT2D eigenvalue weighted by Gasteiger charge is -2.24. The first-order valence-corrected chi connectivity index (χ1v) is 6.26. The van der Waals surface area contributed by atoms with E-state index in [0.717, 1.165) is 4.90 Å². The van der Waals surface area contributed by atoms with Crippen molar-refractivity contribution in [2.24, 2.45) is 0 Å². The van der Waals surface area contributed by atoms with Crippen molar-refractivity contribution in [1.82, 2.24) is 0 Å². The number of anilines is 1. The molecule has 0 bridgehead atoms. The third kappa shape index (κ3) is 1.88. The summed E-state index contributed by atoms with van der Waals surface area (Å²) in [5, 5.41) is 0. The van der Waals surface area contributed by atoms with Crippen molar-refractivity contribution in [2.75, 3.05) is 4.90 Å². The number of carbonyl (C=O) groups excluding carboxylic acids is 2. The van der Waals surface area contributed by atoms with Crippen LogP contribution in [0.4, 0.5) is 10.1 Å². The fourth-order valence-electron chi connectivity index (χ4n) is 2.02. The maximum absolute atomic E-state index is 13.9. The highest BCUT2D eigenvalue weighted by atomic mass is 79.9. The molecule has 1 aliphatic heterocycles. The Hall–Kier alpha value is -1.95. The molecule has 0 spiro atoms. The second-order valence-corrected chi connectivity index (χ2v) is 4.98. The van der Waals surface area contributed by atoms with Gasteiger partial charge in [0.15, 0.2) is 0 Å². The number of halogens is 2. The second-order valence-electron chi connectivity index (χ2n) is 4.06. The van der Waals surface area contributed by atoms with E-state index in [2.05, 4.69) is 15.9 Å². The van der Waals surface area contributed by atoms with Crippen molar-refractivity contribution in [2.45, 2.75) is 6.42 Å². The summed E-state index contributed by atoms with van der Waals surface area (Å²) in [5.74, 6) is -1.39. The Labute approximate surface area is 115 Å². The van der Waals surface area contributed by atoms with E-state index in [0.29, 0.717) is 15.8 Å². The van der Waals surface area contributed by atoms with Gasteiger partial charge < -0.3 is 4.42 Å². The average Bonchev–Trinajstić information content (AvgIpc) is 2.80. The number of amides is 2. The Balaban J connectivity index is 2.10. The van der Waals surface area contributed by atoms with E-state index in [9.17, 15) is 14.0 Å². The van der Waals surface area contributed by atoms with Gasteiger partial charge >= 0.3 is 0 Å². The molecule has 0 atom stereocenters. The van der Waals surface area contributed by atoms with Crippen LogP contribution in [0, 0.1) is 5.82 Å². The van der Waals surface area contributed by atoms with Gasteiger partial charge in [0.05, 0.1) is 23.9 Å². The smallest absolute Gasteiger partial charge is 0.268 e. The van der Waals surface area contributed by atoms with E-state index in [1.54, 1.807) is 6.07 Å². The fourth-order valence-corrected chi connectivity index (χ4v) is 2.36. The van der Waals surface area contributed by atoms with Crippen LogP contribution < -0.4 is 4.90 Å². The molecule has 0 saturated heterocycles. The summed E-state index contributed by atoms with van der Waals surface area (Å²) in [7, 11) is 0. The third-order valence-corrected chi connectivity index (χ3v) is 3.38. The summed E-state index contributed by atoms with van der Waals surface area (Å²) in [6, 6.07) is 5.65. The number of benzene rings is 1. The molecule has 0 unspecified atom stereocenters. The summed E-state index contributed by atoms with van der Waals surface area (Å²) < 4.78 is 19.5. The van der Waals surface area contributed by atoms with E-state index in [1.807, 2.05) is 0 Å². The zero-order valence-electron chi connectivity index (χ0n) is 9.52. The molecule has 0 N–H and O–H groups in total. The van der Waals surface area contributed by atoms with Gasteiger partial charge in [0.2, 0.25) is 5.91 Å². The second kappa shape index (κ2) is 4.31. The standard InChI is InChI=1S/C13H7BrFNO3/c14-7-1-2-10(9(15)5-7)16-12(17)6-11-8(13(16)18)3-4-19-11/h1-5H,6H2. The van der Waals surface area contributed by atoms with Crippen LogP contribution in [0.1, 0.15) is 16.1 Å².